The Morgan fingerprint density at radius 1 is 1.30 bits per heavy atom. The largest absolute Gasteiger partial charge is 0.348 e. The molecule has 2 fully saturated rings. The first-order valence-corrected chi connectivity index (χ1v) is 8.86. The van der Waals surface area contributed by atoms with Gasteiger partial charge >= 0.3 is 0 Å². The number of hydrogen-bond acceptors (Lipinski definition) is 4. The van der Waals surface area contributed by atoms with E-state index >= 15 is 0 Å². The van der Waals surface area contributed by atoms with Gasteiger partial charge in [0, 0.05) is 30.6 Å². The molecule has 1 saturated heterocycles. The van der Waals surface area contributed by atoms with Gasteiger partial charge < -0.3 is 10.2 Å². The smallest absolute Gasteiger partial charge is 0.185 e. The van der Waals surface area contributed by atoms with E-state index < -0.39 is 0 Å². The van der Waals surface area contributed by atoms with Gasteiger partial charge in [0.1, 0.15) is 0 Å². The van der Waals surface area contributed by atoms with Crippen LogP contribution in [0, 0.1) is 5.41 Å². The van der Waals surface area contributed by atoms with Gasteiger partial charge in [0.2, 0.25) is 0 Å². The van der Waals surface area contributed by atoms with Crippen molar-refractivity contribution in [3.8, 4) is 0 Å². The molecule has 3 nitrogen and oxygen atoms in total. The fraction of sp³-hybridized carbons (Fsp3) is 0.812. The van der Waals surface area contributed by atoms with E-state index in [1.807, 2.05) is 11.3 Å². The molecule has 2 heterocycles. The second-order valence-electron chi connectivity index (χ2n) is 7.03. The molecule has 0 unspecified atom stereocenters. The minimum Gasteiger partial charge on any atom is -0.348 e. The quantitative estimate of drug-likeness (QED) is 0.899. The van der Waals surface area contributed by atoms with Crippen LogP contribution < -0.4 is 10.2 Å². The number of thiazole rings is 1. The lowest BCUT2D eigenvalue weighted by atomic mass is 9.83. The number of rotatable bonds is 5. The Morgan fingerprint density at radius 3 is 2.60 bits per heavy atom. The molecule has 4 heteroatoms. The highest BCUT2D eigenvalue weighted by atomic mass is 32.1. The minimum absolute atomic E-state index is 0.512. The van der Waals surface area contributed by atoms with Crippen LogP contribution in [0.25, 0.3) is 0 Å². The third-order valence-electron chi connectivity index (χ3n) is 4.62. The molecule has 1 N–H and O–H groups in total. The van der Waals surface area contributed by atoms with E-state index in [4.69, 9.17) is 4.98 Å². The van der Waals surface area contributed by atoms with Crippen molar-refractivity contribution in [1.29, 1.82) is 0 Å². The normalized spacial score (nSPS) is 22.2. The molecule has 1 aliphatic carbocycles. The van der Waals surface area contributed by atoms with Gasteiger partial charge in [0.25, 0.3) is 0 Å². The summed E-state index contributed by atoms with van der Waals surface area (Å²) in [5, 5.41) is 4.88. The maximum absolute atomic E-state index is 4.90. The maximum atomic E-state index is 4.90. The van der Waals surface area contributed by atoms with Crippen molar-refractivity contribution < 1.29 is 0 Å². The van der Waals surface area contributed by atoms with Crippen LogP contribution in [0.15, 0.2) is 0 Å². The van der Waals surface area contributed by atoms with Gasteiger partial charge in [-0.2, -0.15) is 0 Å². The highest BCUT2D eigenvalue weighted by Crippen LogP contribution is 2.35. The molecular weight excluding hydrogens is 266 g/mol. The summed E-state index contributed by atoms with van der Waals surface area (Å²) in [7, 11) is 0. The zero-order chi connectivity index (χ0) is 14.2. The fourth-order valence-corrected chi connectivity index (χ4v) is 3.90. The van der Waals surface area contributed by atoms with Gasteiger partial charge in [-0.1, -0.05) is 20.8 Å². The van der Waals surface area contributed by atoms with E-state index in [9.17, 15) is 0 Å². The first-order valence-electron chi connectivity index (χ1n) is 8.04. The summed E-state index contributed by atoms with van der Waals surface area (Å²) in [5.41, 5.74) is 1.82. The van der Waals surface area contributed by atoms with Crippen molar-refractivity contribution in [2.24, 2.45) is 5.41 Å². The molecule has 0 atom stereocenters. The fourth-order valence-electron chi connectivity index (χ4n) is 2.75. The zero-order valence-electron chi connectivity index (χ0n) is 13.0. The van der Waals surface area contributed by atoms with Crippen LogP contribution in [-0.4, -0.2) is 24.1 Å². The van der Waals surface area contributed by atoms with Gasteiger partial charge in [-0.15, -0.1) is 11.3 Å². The van der Waals surface area contributed by atoms with Crippen LogP contribution in [0.3, 0.4) is 0 Å². The molecular formula is C16H27N3S. The number of anilines is 1. The summed E-state index contributed by atoms with van der Waals surface area (Å²) in [5.74, 6) is 0. The lowest BCUT2D eigenvalue weighted by Crippen LogP contribution is -2.37. The number of nitrogens with one attached hydrogen (secondary N) is 1. The van der Waals surface area contributed by atoms with Crippen LogP contribution in [0.1, 0.15) is 57.0 Å². The molecule has 20 heavy (non-hydrogen) atoms. The lowest BCUT2D eigenvalue weighted by Gasteiger charge is -2.36. The summed E-state index contributed by atoms with van der Waals surface area (Å²) in [6.07, 6.45) is 6.33. The number of nitrogens with zero attached hydrogens (tertiary/aromatic N) is 2. The molecule has 0 radical (unpaired) electrons. The van der Waals surface area contributed by atoms with Crippen molar-refractivity contribution >= 4 is 16.5 Å². The number of hydrogen-bond donors (Lipinski definition) is 1. The van der Waals surface area contributed by atoms with E-state index in [0.29, 0.717) is 5.41 Å². The molecule has 3 rings (SSSR count). The first-order chi connectivity index (χ1) is 9.57. The Morgan fingerprint density at radius 2 is 2.00 bits per heavy atom. The standard InChI is InChI=1S/C16H27N3S/c1-4-13-14(11-17-12-5-6-12)20-15(18-13)19-9-7-16(2,3)8-10-19/h12,17H,4-11H2,1-3H3. The minimum atomic E-state index is 0.512. The van der Waals surface area contributed by atoms with Gasteiger partial charge in [0.05, 0.1) is 5.69 Å². The van der Waals surface area contributed by atoms with Crippen molar-refractivity contribution in [1.82, 2.24) is 10.3 Å². The van der Waals surface area contributed by atoms with E-state index in [1.165, 1.54) is 54.5 Å². The van der Waals surface area contributed by atoms with Crippen molar-refractivity contribution in [2.75, 3.05) is 18.0 Å². The third kappa shape index (κ3) is 3.34. The second-order valence-corrected chi connectivity index (χ2v) is 8.09. The van der Waals surface area contributed by atoms with Crippen LogP contribution in [0.2, 0.25) is 0 Å². The highest BCUT2D eigenvalue weighted by Gasteiger charge is 2.27. The van der Waals surface area contributed by atoms with Gasteiger partial charge in [-0.05, 0) is 37.5 Å². The predicted molar refractivity (Wildman–Crippen MR) is 86.6 cm³/mol. The van der Waals surface area contributed by atoms with E-state index in [2.05, 4.69) is 31.0 Å². The Bertz CT molecular complexity index is 452. The molecule has 2 aliphatic rings. The Hall–Kier alpha value is -0.610. The first kappa shape index (κ1) is 14.3. The average Bonchev–Trinajstić information content (AvgIpc) is 3.16. The number of aryl methyl sites for hydroxylation is 1. The molecule has 112 valence electrons. The molecule has 1 aromatic rings. The summed E-state index contributed by atoms with van der Waals surface area (Å²) in [6, 6.07) is 0.779. The van der Waals surface area contributed by atoms with Crippen molar-refractivity contribution in [3.63, 3.8) is 0 Å². The van der Waals surface area contributed by atoms with Gasteiger partial charge in [-0.3, -0.25) is 0 Å². The molecule has 0 aromatic carbocycles. The molecule has 1 aliphatic heterocycles. The topological polar surface area (TPSA) is 28.2 Å². The predicted octanol–water partition coefficient (Wildman–Crippen LogP) is 3.58. The van der Waals surface area contributed by atoms with Crippen LogP contribution in [0.5, 0.6) is 0 Å². The second kappa shape index (κ2) is 5.64. The monoisotopic (exact) mass is 293 g/mol. The van der Waals surface area contributed by atoms with Crippen molar-refractivity contribution in [3.05, 3.63) is 10.6 Å². The Labute approximate surface area is 126 Å². The van der Waals surface area contributed by atoms with Crippen molar-refractivity contribution in [2.45, 2.75) is 65.5 Å². The van der Waals surface area contributed by atoms with E-state index in [0.717, 1.165) is 19.0 Å². The zero-order valence-corrected chi connectivity index (χ0v) is 13.9. The average molecular weight is 293 g/mol. The molecule has 0 spiro atoms. The molecule has 0 bridgehead atoms. The lowest BCUT2D eigenvalue weighted by molar-refractivity contribution is 0.279. The third-order valence-corrected chi connectivity index (χ3v) is 5.78. The summed E-state index contributed by atoms with van der Waals surface area (Å²) in [6.45, 7) is 10.3. The van der Waals surface area contributed by atoms with Crippen LogP contribution in [0.4, 0.5) is 5.13 Å². The molecule has 1 aromatic heterocycles. The molecule has 0 amide bonds. The highest BCUT2D eigenvalue weighted by molar-refractivity contribution is 7.15. The summed E-state index contributed by atoms with van der Waals surface area (Å²) >= 11 is 1.91. The van der Waals surface area contributed by atoms with E-state index in [-0.39, 0.29) is 0 Å². The summed E-state index contributed by atoms with van der Waals surface area (Å²) in [4.78, 5) is 8.86. The Kier molecular flexibility index (Phi) is 4.04. The maximum Gasteiger partial charge on any atom is 0.185 e. The van der Waals surface area contributed by atoms with Crippen LogP contribution >= 0.6 is 11.3 Å². The number of aromatic nitrogens is 1. The Balaban J connectivity index is 1.66. The SMILES string of the molecule is CCc1nc(N2CCC(C)(C)CC2)sc1CNC1CC1. The van der Waals surface area contributed by atoms with Gasteiger partial charge in [0.15, 0.2) is 5.13 Å². The van der Waals surface area contributed by atoms with E-state index in [1.54, 1.807) is 0 Å². The van der Waals surface area contributed by atoms with Crippen LogP contribution in [-0.2, 0) is 13.0 Å². The molecule has 1 saturated carbocycles. The summed E-state index contributed by atoms with van der Waals surface area (Å²) < 4.78 is 0. The number of piperidine rings is 1. The van der Waals surface area contributed by atoms with Gasteiger partial charge in [-0.25, -0.2) is 4.98 Å².